The topological polar surface area (TPSA) is 102 Å². The van der Waals surface area contributed by atoms with Crippen LogP contribution in [0.25, 0.3) is 0 Å². The monoisotopic (exact) mass is 282 g/mol. The van der Waals surface area contributed by atoms with Gasteiger partial charge in [-0.05, 0) is 18.9 Å². The van der Waals surface area contributed by atoms with Gasteiger partial charge >= 0.3 is 6.09 Å². The fourth-order valence-corrected chi connectivity index (χ4v) is 1.84. The Kier molecular flexibility index (Phi) is 7.00. The summed E-state index contributed by atoms with van der Waals surface area (Å²) >= 11 is 0. The fourth-order valence-electron chi connectivity index (χ4n) is 1.84. The summed E-state index contributed by atoms with van der Waals surface area (Å²) in [5.74, 6) is 0. The van der Waals surface area contributed by atoms with Gasteiger partial charge in [-0.15, -0.1) is 0 Å². The smallest absolute Gasteiger partial charge is 0.404 e. The molecular weight excluding hydrogens is 260 g/mol. The SMILES string of the molecule is C[C@H](CO)NC[C@H](O)[C@H](Cc1ccccc1)NC(=O)O. The Morgan fingerprint density at radius 2 is 1.95 bits per heavy atom. The van der Waals surface area contributed by atoms with Gasteiger partial charge in [-0.25, -0.2) is 4.79 Å². The maximum Gasteiger partial charge on any atom is 0.404 e. The minimum Gasteiger partial charge on any atom is -0.465 e. The largest absolute Gasteiger partial charge is 0.465 e. The van der Waals surface area contributed by atoms with E-state index in [1.807, 2.05) is 30.3 Å². The van der Waals surface area contributed by atoms with Crippen LogP contribution >= 0.6 is 0 Å². The average molecular weight is 282 g/mol. The number of benzene rings is 1. The Morgan fingerprint density at radius 3 is 2.50 bits per heavy atom. The van der Waals surface area contributed by atoms with E-state index in [9.17, 15) is 9.90 Å². The van der Waals surface area contributed by atoms with Crippen LogP contribution in [-0.4, -0.2) is 52.8 Å². The van der Waals surface area contributed by atoms with Crippen LogP contribution in [0.5, 0.6) is 0 Å². The maximum absolute atomic E-state index is 10.8. The van der Waals surface area contributed by atoms with Crippen molar-refractivity contribution in [2.24, 2.45) is 0 Å². The summed E-state index contributed by atoms with van der Waals surface area (Å²) in [6.45, 7) is 1.95. The van der Waals surface area contributed by atoms with Crippen molar-refractivity contribution in [1.82, 2.24) is 10.6 Å². The molecule has 3 atom stereocenters. The van der Waals surface area contributed by atoms with E-state index in [1.54, 1.807) is 6.92 Å². The van der Waals surface area contributed by atoms with Crippen LogP contribution in [0.2, 0.25) is 0 Å². The number of hydrogen-bond acceptors (Lipinski definition) is 4. The van der Waals surface area contributed by atoms with Gasteiger partial charge in [0.2, 0.25) is 0 Å². The summed E-state index contributed by atoms with van der Waals surface area (Å²) in [7, 11) is 0. The second-order valence-electron chi connectivity index (χ2n) is 4.80. The van der Waals surface area contributed by atoms with Crippen LogP contribution in [0.1, 0.15) is 12.5 Å². The van der Waals surface area contributed by atoms with Crippen LogP contribution in [-0.2, 0) is 6.42 Å². The number of amides is 1. The molecule has 0 fully saturated rings. The van der Waals surface area contributed by atoms with Crippen molar-refractivity contribution in [3.63, 3.8) is 0 Å². The summed E-state index contributed by atoms with van der Waals surface area (Å²) in [5.41, 5.74) is 0.945. The third kappa shape index (κ3) is 6.01. The van der Waals surface area contributed by atoms with Gasteiger partial charge in [0, 0.05) is 12.6 Å². The van der Waals surface area contributed by atoms with Crippen molar-refractivity contribution in [2.45, 2.75) is 31.5 Å². The fraction of sp³-hybridized carbons (Fsp3) is 0.500. The van der Waals surface area contributed by atoms with E-state index >= 15 is 0 Å². The summed E-state index contributed by atoms with van der Waals surface area (Å²) < 4.78 is 0. The van der Waals surface area contributed by atoms with Gasteiger partial charge in [-0.1, -0.05) is 30.3 Å². The molecule has 0 aromatic heterocycles. The average Bonchev–Trinajstić information content (AvgIpc) is 2.44. The third-order valence-electron chi connectivity index (χ3n) is 3.02. The summed E-state index contributed by atoms with van der Waals surface area (Å²) in [5, 5.41) is 33.1. The highest BCUT2D eigenvalue weighted by molar-refractivity contribution is 5.65. The molecule has 0 unspecified atom stereocenters. The number of aliphatic hydroxyl groups is 2. The van der Waals surface area contributed by atoms with Crippen molar-refractivity contribution in [2.75, 3.05) is 13.2 Å². The lowest BCUT2D eigenvalue weighted by Crippen LogP contribution is -2.49. The zero-order chi connectivity index (χ0) is 15.0. The molecule has 5 N–H and O–H groups in total. The van der Waals surface area contributed by atoms with Crippen LogP contribution < -0.4 is 10.6 Å². The van der Waals surface area contributed by atoms with Crippen LogP contribution in [0.4, 0.5) is 4.79 Å². The van der Waals surface area contributed by atoms with Crippen molar-refractivity contribution in [1.29, 1.82) is 0 Å². The molecule has 0 radical (unpaired) electrons. The lowest BCUT2D eigenvalue weighted by Gasteiger charge is -2.24. The second kappa shape index (κ2) is 8.52. The predicted octanol–water partition coefficient (Wildman–Crippen LogP) is 0.197. The number of rotatable bonds is 8. The zero-order valence-corrected chi connectivity index (χ0v) is 11.5. The van der Waals surface area contributed by atoms with Crippen LogP contribution in [0.3, 0.4) is 0 Å². The number of carbonyl (C=O) groups is 1. The Hall–Kier alpha value is -1.63. The van der Waals surface area contributed by atoms with Crippen LogP contribution in [0.15, 0.2) is 30.3 Å². The molecule has 1 aromatic rings. The normalized spacial score (nSPS) is 15.3. The van der Waals surface area contributed by atoms with E-state index in [4.69, 9.17) is 10.2 Å². The van der Waals surface area contributed by atoms with Gasteiger partial charge in [0.15, 0.2) is 0 Å². The molecule has 0 aliphatic rings. The number of nitrogens with one attached hydrogen (secondary N) is 2. The van der Waals surface area contributed by atoms with Crippen molar-refractivity contribution in [3.05, 3.63) is 35.9 Å². The first-order valence-electron chi connectivity index (χ1n) is 6.58. The summed E-state index contributed by atoms with van der Waals surface area (Å²) in [6.07, 6.45) is -1.63. The van der Waals surface area contributed by atoms with E-state index in [2.05, 4.69) is 10.6 Å². The number of aliphatic hydroxyl groups excluding tert-OH is 2. The first kappa shape index (κ1) is 16.4. The van der Waals surface area contributed by atoms with E-state index in [0.29, 0.717) is 6.42 Å². The van der Waals surface area contributed by atoms with E-state index in [-0.39, 0.29) is 19.2 Å². The van der Waals surface area contributed by atoms with Crippen LogP contribution in [0, 0.1) is 0 Å². The lowest BCUT2D eigenvalue weighted by molar-refractivity contribution is 0.112. The van der Waals surface area contributed by atoms with Gasteiger partial charge in [-0.3, -0.25) is 0 Å². The zero-order valence-electron chi connectivity index (χ0n) is 11.5. The van der Waals surface area contributed by atoms with Gasteiger partial charge in [-0.2, -0.15) is 0 Å². The molecule has 6 heteroatoms. The third-order valence-corrected chi connectivity index (χ3v) is 3.02. The first-order valence-corrected chi connectivity index (χ1v) is 6.58. The maximum atomic E-state index is 10.8. The molecule has 6 nitrogen and oxygen atoms in total. The lowest BCUT2D eigenvalue weighted by atomic mass is 10.0. The number of hydrogen-bond donors (Lipinski definition) is 5. The minimum absolute atomic E-state index is 0.0393. The Bertz CT molecular complexity index is 399. The van der Waals surface area contributed by atoms with E-state index < -0.39 is 18.2 Å². The molecule has 1 amide bonds. The van der Waals surface area contributed by atoms with Gasteiger partial charge in [0.05, 0.1) is 18.8 Å². The summed E-state index contributed by atoms with van der Waals surface area (Å²) in [4.78, 5) is 10.8. The van der Waals surface area contributed by atoms with Gasteiger partial charge < -0.3 is 26.0 Å². The highest BCUT2D eigenvalue weighted by atomic mass is 16.4. The van der Waals surface area contributed by atoms with E-state index in [0.717, 1.165) is 5.56 Å². The molecule has 112 valence electrons. The molecular formula is C14H22N2O4. The standard InChI is InChI=1S/C14H22N2O4/c1-10(9-17)15-8-13(18)12(16-14(19)20)7-11-5-3-2-4-6-11/h2-6,10,12-13,15-18H,7-9H2,1H3,(H,19,20)/t10-,12+,13+/m1/s1. The van der Waals surface area contributed by atoms with Crippen molar-refractivity contribution >= 4 is 6.09 Å². The van der Waals surface area contributed by atoms with Gasteiger partial charge in [0.25, 0.3) is 0 Å². The Balaban J connectivity index is 2.61. The van der Waals surface area contributed by atoms with Gasteiger partial charge in [0.1, 0.15) is 0 Å². The highest BCUT2D eigenvalue weighted by Gasteiger charge is 2.21. The Labute approximate surface area is 118 Å². The van der Waals surface area contributed by atoms with Crippen molar-refractivity contribution in [3.8, 4) is 0 Å². The molecule has 0 heterocycles. The summed E-state index contributed by atoms with van der Waals surface area (Å²) in [6, 6.07) is 8.63. The molecule has 1 rings (SSSR count). The number of carboxylic acid groups (broad SMARTS) is 1. The molecule has 0 aliphatic carbocycles. The molecule has 0 saturated heterocycles. The molecule has 0 saturated carbocycles. The van der Waals surface area contributed by atoms with E-state index in [1.165, 1.54) is 0 Å². The minimum atomic E-state index is -1.17. The molecule has 1 aromatic carbocycles. The first-order chi connectivity index (χ1) is 9.52. The molecule has 0 aliphatic heterocycles. The molecule has 20 heavy (non-hydrogen) atoms. The second-order valence-corrected chi connectivity index (χ2v) is 4.80. The molecule has 0 spiro atoms. The highest BCUT2D eigenvalue weighted by Crippen LogP contribution is 2.06. The molecule has 0 bridgehead atoms. The van der Waals surface area contributed by atoms with Crippen molar-refractivity contribution < 1.29 is 20.1 Å². The predicted molar refractivity (Wildman–Crippen MR) is 75.7 cm³/mol. The Morgan fingerprint density at radius 1 is 1.30 bits per heavy atom. The quantitative estimate of drug-likeness (QED) is 0.469.